The molecule has 0 spiro atoms. The maximum absolute atomic E-state index is 12.6. The first-order chi connectivity index (χ1) is 12.1. The standard InChI is InChI=1S/C20H27N3O3/c1-19(2,12-8-11-15-9-6-5-7-10-15)17(24)22-16-13-21-23(14-16)20(3,4)18(25)26/h5-7,9-10,13-14H,8,11-12H2,1-4H3,(H,22,24)(H,25,26). The van der Waals surface area contributed by atoms with Crippen LogP contribution in [0.2, 0.25) is 0 Å². The molecule has 1 aromatic carbocycles. The van der Waals surface area contributed by atoms with Gasteiger partial charge in [0.25, 0.3) is 0 Å². The van der Waals surface area contributed by atoms with E-state index in [0.717, 1.165) is 19.3 Å². The second-order valence-corrected chi connectivity index (χ2v) is 7.71. The molecule has 2 rings (SSSR count). The third-order valence-electron chi connectivity index (χ3n) is 4.66. The summed E-state index contributed by atoms with van der Waals surface area (Å²) in [5, 5.41) is 16.2. The Hall–Kier alpha value is -2.63. The molecule has 0 bridgehead atoms. The fraction of sp³-hybridized carbons (Fsp3) is 0.450. The molecule has 2 aromatic rings. The van der Waals surface area contributed by atoms with Crippen LogP contribution in [0.25, 0.3) is 0 Å². The molecule has 2 N–H and O–H groups in total. The van der Waals surface area contributed by atoms with Crippen molar-refractivity contribution in [1.29, 1.82) is 0 Å². The molecule has 0 aliphatic rings. The first-order valence-electron chi connectivity index (χ1n) is 8.77. The molecule has 0 saturated carbocycles. The van der Waals surface area contributed by atoms with Gasteiger partial charge in [-0.2, -0.15) is 5.10 Å². The summed E-state index contributed by atoms with van der Waals surface area (Å²) < 4.78 is 1.34. The van der Waals surface area contributed by atoms with Crippen LogP contribution in [0.1, 0.15) is 46.1 Å². The zero-order chi connectivity index (χ0) is 19.4. The molecule has 26 heavy (non-hydrogen) atoms. The summed E-state index contributed by atoms with van der Waals surface area (Å²) >= 11 is 0. The number of aryl methyl sites for hydroxylation is 1. The van der Waals surface area contributed by atoms with Crippen molar-refractivity contribution in [3.8, 4) is 0 Å². The lowest BCUT2D eigenvalue weighted by Gasteiger charge is -2.23. The largest absolute Gasteiger partial charge is 0.479 e. The van der Waals surface area contributed by atoms with Crippen LogP contribution in [0, 0.1) is 5.41 Å². The summed E-state index contributed by atoms with van der Waals surface area (Å²) in [6.45, 7) is 6.95. The van der Waals surface area contributed by atoms with E-state index in [-0.39, 0.29) is 5.91 Å². The third kappa shape index (κ3) is 4.71. The molecule has 0 radical (unpaired) electrons. The highest BCUT2D eigenvalue weighted by Gasteiger charge is 2.31. The topological polar surface area (TPSA) is 84.2 Å². The van der Waals surface area contributed by atoms with Crippen molar-refractivity contribution >= 4 is 17.6 Å². The van der Waals surface area contributed by atoms with E-state index in [9.17, 15) is 14.7 Å². The number of benzene rings is 1. The van der Waals surface area contributed by atoms with Crippen LogP contribution in [0.4, 0.5) is 5.69 Å². The highest BCUT2D eigenvalue weighted by Crippen LogP contribution is 2.26. The van der Waals surface area contributed by atoms with Crippen LogP contribution in [0.15, 0.2) is 42.7 Å². The molecule has 0 aliphatic carbocycles. The zero-order valence-electron chi connectivity index (χ0n) is 15.8. The number of carboxylic acids is 1. The Morgan fingerprint density at radius 3 is 2.42 bits per heavy atom. The van der Waals surface area contributed by atoms with Gasteiger partial charge in [0.1, 0.15) is 0 Å². The molecular formula is C20H27N3O3. The SMILES string of the molecule is CC(C)(CCCc1ccccc1)C(=O)Nc1cnn(C(C)(C)C(=O)O)c1. The van der Waals surface area contributed by atoms with Gasteiger partial charge in [-0.25, -0.2) is 4.79 Å². The Kier molecular flexibility index (Phi) is 5.85. The van der Waals surface area contributed by atoms with E-state index >= 15 is 0 Å². The highest BCUT2D eigenvalue weighted by atomic mass is 16.4. The molecule has 0 fully saturated rings. The van der Waals surface area contributed by atoms with Crippen molar-refractivity contribution in [1.82, 2.24) is 9.78 Å². The van der Waals surface area contributed by atoms with Gasteiger partial charge in [-0.15, -0.1) is 0 Å². The monoisotopic (exact) mass is 357 g/mol. The van der Waals surface area contributed by atoms with Crippen molar-refractivity contribution in [2.24, 2.45) is 5.41 Å². The van der Waals surface area contributed by atoms with Gasteiger partial charge in [-0.05, 0) is 38.7 Å². The van der Waals surface area contributed by atoms with Crippen LogP contribution in [0.5, 0.6) is 0 Å². The number of anilines is 1. The number of hydrogen-bond acceptors (Lipinski definition) is 3. The molecule has 0 atom stereocenters. The Bertz CT molecular complexity index is 764. The lowest BCUT2D eigenvalue weighted by atomic mass is 9.85. The molecule has 1 amide bonds. The number of aliphatic carboxylic acids is 1. The van der Waals surface area contributed by atoms with Gasteiger partial charge >= 0.3 is 5.97 Å². The minimum Gasteiger partial charge on any atom is -0.479 e. The number of amides is 1. The molecule has 6 nitrogen and oxygen atoms in total. The number of carboxylic acid groups (broad SMARTS) is 1. The average molecular weight is 357 g/mol. The van der Waals surface area contributed by atoms with Gasteiger partial charge in [-0.3, -0.25) is 9.48 Å². The van der Waals surface area contributed by atoms with Crippen molar-refractivity contribution in [3.05, 3.63) is 48.3 Å². The van der Waals surface area contributed by atoms with Gasteiger partial charge < -0.3 is 10.4 Å². The first kappa shape index (κ1) is 19.7. The molecule has 1 heterocycles. The van der Waals surface area contributed by atoms with Crippen molar-refractivity contribution in [3.63, 3.8) is 0 Å². The lowest BCUT2D eigenvalue weighted by molar-refractivity contribution is -0.146. The van der Waals surface area contributed by atoms with Crippen LogP contribution in [-0.2, 0) is 21.5 Å². The second kappa shape index (κ2) is 7.72. The Balaban J connectivity index is 1.93. The van der Waals surface area contributed by atoms with E-state index in [4.69, 9.17) is 0 Å². The smallest absolute Gasteiger partial charge is 0.331 e. The number of rotatable bonds is 8. The molecule has 1 aromatic heterocycles. The van der Waals surface area contributed by atoms with E-state index in [1.165, 1.54) is 16.4 Å². The van der Waals surface area contributed by atoms with Gasteiger partial charge in [-0.1, -0.05) is 44.2 Å². The second-order valence-electron chi connectivity index (χ2n) is 7.71. The minimum absolute atomic E-state index is 0.0988. The third-order valence-corrected chi connectivity index (χ3v) is 4.66. The number of carbonyl (C=O) groups excluding carboxylic acids is 1. The van der Waals surface area contributed by atoms with Gasteiger partial charge in [0.2, 0.25) is 5.91 Å². The summed E-state index contributed by atoms with van der Waals surface area (Å²) in [5.41, 5.74) is 0.0641. The highest BCUT2D eigenvalue weighted by molar-refractivity contribution is 5.94. The summed E-state index contributed by atoms with van der Waals surface area (Å²) in [5.74, 6) is -1.09. The summed E-state index contributed by atoms with van der Waals surface area (Å²) in [6.07, 6.45) is 5.62. The number of carbonyl (C=O) groups is 2. The first-order valence-corrected chi connectivity index (χ1v) is 8.77. The molecule has 0 saturated heterocycles. The van der Waals surface area contributed by atoms with Crippen molar-refractivity contribution in [2.45, 2.75) is 52.5 Å². The van der Waals surface area contributed by atoms with Crippen LogP contribution >= 0.6 is 0 Å². The van der Waals surface area contributed by atoms with Crippen molar-refractivity contribution in [2.75, 3.05) is 5.32 Å². The normalized spacial score (nSPS) is 12.0. The maximum Gasteiger partial charge on any atom is 0.331 e. The van der Waals surface area contributed by atoms with Gasteiger partial charge in [0, 0.05) is 11.6 Å². The number of nitrogens with zero attached hydrogens (tertiary/aromatic N) is 2. The molecule has 0 aliphatic heterocycles. The summed E-state index contributed by atoms with van der Waals surface area (Å²) in [7, 11) is 0. The lowest BCUT2D eigenvalue weighted by Crippen LogP contribution is -2.36. The van der Waals surface area contributed by atoms with Gasteiger partial charge in [0.15, 0.2) is 5.54 Å². The fourth-order valence-electron chi connectivity index (χ4n) is 2.58. The van der Waals surface area contributed by atoms with E-state index in [0.29, 0.717) is 5.69 Å². The van der Waals surface area contributed by atoms with Crippen LogP contribution in [-0.4, -0.2) is 26.8 Å². The number of hydrogen-bond donors (Lipinski definition) is 2. The van der Waals surface area contributed by atoms with E-state index in [2.05, 4.69) is 22.5 Å². The summed E-state index contributed by atoms with van der Waals surface area (Å²) in [6, 6.07) is 10.2. The fourth-order valence-corrected chi connectivity index (χ4v) is 2.58. The van der Waals surface area contributed by atoms with Gasteiger partial charge in [0.05, 0.1) is 11.9 Å². The molecule has 0 unspecified atom stereocenters. The molecular weight excluding hydrogens is 330 g/mol. The Morgan fingerprint density at radius 1 is 1.15 bits per heavy atom. The van der Waals surface area contributed by atoms with E-state index in [1.807, 2.05) is 32.0 Å². The Labute approximate surface area is 154 Å². The molecule has 6 heteroatoms. The van der Waals surface area contributed by atoms with E-state index in [1.54, 1.807) is 20.0 Å². The Morgan fingerprint density at radius 2 is 1.81 bits per heavy atom. The minimum atomic E-state index is -1.17. The average Bonchev–Trinajstić information content (AvgIpc) is 3.04. The quantitative estimate of drug-likeness (QED) is 0.754. The maximum atomic E-state index is 12.6. The van der Waals surface area contributed by atoms with Crippen LogP contribution < -0.4 is 5.32 Å². The van der Waals surface area contributed by atoms with E-state index < -0.39 is 16.9 Å². The number of aromatic nitrogens is 2. The van der Waals surface area contributed by atoms with Crippen LogP contribution in [0.3, 0.4) is 0 Å². The summed E-state index contributed by atoms with van der Waals surface area (Å²) in [4.78, 5) is 23.9. The van der Waals surface area contributed by atoms with Crippen molar-refractivity contribution < 1.29 is 14.7 Å². The zero-order valence-corrected chi connectivity index (χ0v) is 15.8. The number of nitrogens with one attached hydrogen (secondary N) is 1. The molecule has 140 valence electrons. The predicted molar refractivity (Wildman–Crippen MR) is 101 cm³/mol. The predicted octanol–water partition coefficient (Wildman–Crippen LogP) is 3.69.